The predicted molar refractivity (Wildman–Crippen MR) is 106 cm³/mol. The summed E-state index contributed by atoms with van der Waals surface area (Å²) in [6.45, 7) is 7.28. The van der Waals surface area contributed by atoms with Crippen molar-refractivity contribution in [3.8, 4) is 5.75 Å². The number of piperazine rings is 1. The highest BCUT2D eigenvalue weighted by Gasteiger charge is 2.23. The molecule has 0 bridgehead atoms. The number of aliphatic hydroxyl groups excluding tert-OH is 1. The molecule has 0 saturated carbocycles. The Labute approximate surface area is 165 Å². The number of β-amino-alcohol motifs (C(OH)–C–C–N with tert-alkyl or cyclic N) is 1. The number of hydrogen-bond acceptors (Lipinski definition) is 4. The Morgan fingerprint density at radius 1 is 1.11 bits per heavy atom. The molecular weight excluding hydrogens is 359 g/mol. The molecule has 1 atom stereocenters. The minimum atomic E-state index is -0.598. The third kappa shape index (κ3) is 5.30. The highest BCUT2D eigenvalue weighted by Crippen LogP contribution is 2.19. The van der Waals surface area contributed by atoms with Crippen LogP contribution in [0.3, 0.4) is 0 Å². The number of carbonyl (C=O) groups is 1. The maximum absolute atomic E-state index is 13.0. The van der Waals surface area contributed by atoms with Crippen molar-refractivity contribution in [3.05, 3.63) is 65.0 Å². The van der Waals surface area contributed by atoms with Crippen LogP contribution in [0.1, 0.15) is 21.5 Å². The van der Waals surface area contributed by atoms with Crippen LogP contribution in [0.15, 0.2) is 42.5 Å². The second-order valence-corrected chi connectivity index (χ2v) is 7.33. The first-order valence-corrected chi connectivity index (χ1v) is 9.57. The number of aliphatic hydroxyl groups is 1. The number of nitrogens with zero attached hydrogens (tertiary/aromatic N) is 2. The van der Waals surface area contributed by atoms with E-state index in [-0.39, 0.29) is 18.3 Å². The highest BCUT2D eigenvalue weighted by atomic mass is 19.1. The van der Waals surface area contributed by atoms with Crippen LogP contribution in [-0.4, -0.2) is 66.2 Å². The normalized spacial score (nSPS) is 16.1. The van der Waals surface area contributed by atoms with Crippen molar-refractivity contribution in [2.75, 3.05) is 39.3 Å². The first kappa shape index (κ1) is 20.3. The number of halogens is 1. The number of ether oxygens (including phenoxy) is 1. The molecular formula is C22H27FN2O3. The molecule has 1 N–H and O–H groups in total. The molecule has 28 heavy (non-hydrogen) atoms. The van der Waals surface area contributed by atoms with Crippen molar-refractivity contribution in [1.29, 1.82) is 0 Å². The SMILES string of the molecule is Cc1ccc(C)c(OCC(O)CN2CCN(C(=O)c3ccc(F)cc3)CC2)c1. The highest BCUT2D eigenvalue weighted by molar-refractivity contribution is 5.94. The topological polar surface area (TPSA) is 53.0 Å². The summed E-state index contributed by atoms with van der Waals surface area (Å²) in [4.78, 5) is 16.4. The van der Waals surface area contributed by atoms with Gasteiger partial charge < -0.3 is 14.7 Å². The molecule has 1 fully saturated rings. The van der Waals surface area contributed by atoms with Gasteiger partial charge in [-0.1, -0.05) is 12.1 Å². The zero-order valence-corrected chi connectivity index (χ0v) is 16.4. The largest absolute Gasteiger partial charge is 0.491 e. The smallest absolute Gasteiger partial charge is 0.253 e. The lowest BCUT2D eigenvalue weighted by Crippen LogP contribution is -2.51. The van der Waals surface area contributed by atoms with Gasteiger partial charge in [-0.25, -0.2) is 4.39 Å². The summed E-state index contributed by atoms with van der Waals surface area (Å²) < 4.78 is 18.8. The number of carbonyl (C=O) groups excluding carboxylic acids is 1. The van der Waals surface area contributed by atoms with Crippen LogP contribution in [0.5, 0.6) is 5.75 Å². The van der Waals surface area contributed by atoms with Crippen molar-refractivity contribution in [1.82, 2.24) is 9.80 Å². The Hall–Kier alpha value is -2.44. The van der Waals surface area contributed by atoms with Crippen LogP contribution in [0.2, 0.25) is 0 Å². The predicted octanol–water partition coefficient (Wildman–Crippen LogP) is 2.64. The molecule has 2 aromatic carbocycles. The minimum absolute atomic E-state index is 0.0848. The van der Waals surface area contributed by atoms with Gasteiger partial charge in [-0.3, -0.25) is 9.69 Å². The summed E-state index contributed by atoms with van der Waals surface area (Å²) in [5.41, 5.74) is 2.67. The molecule has 1 aliphatic heterocycles. The van der Waals surface area contributed by atoms with Gasteiger partial charge in [0.1, 0.15) is 24.3 Å². The monoisotopic (exact) mass is 386 g/mol. The Morgan fingerprint density at radius 3 is 2.46 bits per heavy atom. The number of benzene rings is 2. The van der Waals surface area contributed by atoms with Gasteiger partial charge in [0.25, 0.3) is 5.91 Å². The Balaban J connectivity index is 1.44. The van der Waals surface area contributed by atoms with Gasteiger partial charge in [-0.05, 0) is 55.3 Å². The number of amides is 1. The van der Waals surface area contributed by atoms with E-state index in [9.17, 15) is 14.3 Å². The fraction of sp³-hybridized carbons (Fsp3) is 0.409. The van der Waals surface area contributed by atoms with Gasteiger partial charge in [0.2, 0.25) is 0 Å². The van der Waals surface area contributed by atoms with E-state index in [2.05, 4.69) is 4.90 Å². The molecule has 0 radical (unpaired) electrons. The summed E-state index contributed by atoms with van der Waals surface area (Å²) in [6, 6.07) is 11.6. The fourth-order valence-electron chi connectivity index (χ4n) is 3.31. The lowest BCUT2D eigenvalue weighted by atomic mass is 10.1. The molecule has 0 aliphatic carbocycles. The molecule has 1 aliphatic rings. The van der Waals surface area contributed by atoms with E-state index in [4.69, 9.17) is 4.74 Å². The van der Waals surface area contributed by atoms with Gasteiger partial charge in [0, 0.05) is 38.3 Å². The first-order valence-electron chi connectivity index (χ1n) is 9.57. The van der Waals surface area contributed by atoms with E-state index < -0.39 is 6.10 Å². The minimum Gasteiger partial charge on any atom is -0.491 e. The van der Waals surface area contributed by atoms with Crippen molar-refractivity contribution in [3.63, 3.8) is 0 Å². The molecule has 1 amide bonds. The molecule has 0 aromatic heterocycles. The second-order valence-electron chi connectivity index (χ2n) is 7.33. The Bertz CT molecular complexity index is 802. The first-order chi connectivity index (χ1) is 13.4. The van der Waals surface area contributed by atoms with Crippen molar-refractivity contribution >= 4 is 5.91 Å². The van der Waals surface area contributed by atoms with E-state index in [0.717, 1.165) is 16.9 Å². The maximum Gasteiger partial charge on any atom is 0.253 e. The second kappa shape index (κ2) is 9.17. The van der Waals surface area contributed by atoms with Gasteiger partial charge in [0.15, 0.2) is 0 Å². The van der Waals surface area contributed by atoms with E-state index >= 15 is 0 Å². The molecule has 150 valence electrons. The van der Waals surface area contributed by atoms with E-state index in [1.165, 1.54) is 24.3 Å². The summed E-state index contributed by atoms with van der Waals surface area (Å²) in [5, 5.41) is 10.3. The quantitative estimate of drug-likeness (QED) is 0.829. The Kier molecular flexibility index (Phi) is 6.65. The molecule has 5 nitrogen and oxygen atoms in total. The average Bonchev–Trinajstić information content (AvgIpc) is 2.69. The maximum atomic E-state index is 13.0. The lowest BCUT2D eigenvalue weighted by molar-refractivity contribution is 0.0402. The summed E-state index contributed by atoms with van der Waals surface area (Å²) in [5.74, 6) is 0.366. The fourth-order valence-corrected chi connectivity index (χ4v) is 3.31. The molecule has 1 heterocycles. The van der Waals surface area contributed by atoms with Gasteiger partial charge in [0.05, 0.1) is 0 Å². The van der Waals surface area contributed by atoms with Gasteiger partial charge in [-0.15, -0.1) is 0 Å². The van der Waals surface area contributed by atoms with E-state index in [0.29, 0.717) is 38.3 Å². The standard InChI is InChI=1S/C22H27FN2O3/c1-16-3-4-17(2)21(13-16)28-15-20(26)14-24-9-11-25(12-10-24)22(27)18-5-7-19(23)8-6-18/h3-8,13,20,26H,9-12,14-15H2,1-2H3. The van der Waals surface area contributed by atoms with Crippen LogP contribution in [0.25, 0.3) is 0 Å². The molecule has 3 rings (SSSR count). The molecule has 2 aromatic rings. The van der Waals surface area contributed by atoms with Crippen LogP contribution in [-0.2, 0) is 0 Å². The van der Waals surface area contributed by atoms with Crippen molar-refractivity contribution in [2.24, 2.45) is 0 Å². The van der Waals surface area contributed by atoms with Crippen LogP contribution < -0.4 is 4.74 Å². The summed E-state index contributed by atoms with van der Waals surface area (Å²) in [7, 11) is 0. The van der Waals surface area contributed by atoms with Crippen molar-refractivity contribution < 1.29 is 19.0 Å². The lowest BCUT2D eigenvalue weighted by Gasteiger charge is -2.35. The number of aryl methyl sites for hydroxylation is 2. The molecule has 0 spiro atoms. The van der Waals surface area contributed by atoms with E-state index in [1.54, 1.807) is 4.90 Å². The van der Waals surface area contributed by atoms with Crippen molar-refractivity contribution in [2.45, 2.75) is 20.0 Å². The summed E-state index contributed by atoms with van der Waals surface area (Å²) in [6.07, 6.45) is -0.598. The Morgan fingerprint density at radius 2 is 1.79 bits per heavy atom. The average molecular weight is 386 g/mol. The third-order valence-electron chi connectivity index (χ3n) is 4.99. The summed E-state index contributed by atoms with van der Waals surface area (Å²) >= 11 is 0. The van der Waals surface area contributed by atoms with Gasteiger partial charge in [-0.2, -0.15) is 0 Å². The van der Waals surface area contributed by atoms with Crippen LogP contribution in [0, 0.1) is 19.7 Å². The van der Waals surface area contributed by atoms with Crippen LogP contribution >= 0.6 is 0 Å². The van der Waals surface area contributed by atoms with Crippen LogP contribution in [0.4, 0.5) is 4.39 Å². The zero-order valence-electron chi connectivity index (χ0n) is 16.4. The van der Waals surface area contributed by atoms with Gasteiger partial charge >= 0.3 is 0 Å². The number of rotatable bonds is 6. The number of hydrogen-bond donors (Lipinski definition) is 1. The van der Waals surface area contributed by atoms with E-state index in [1.807, 2.05) is 32.0 Å². The zero-order chi connectivity index (χ0) is 20.1. The molecule has 1 unspecified atom stereocenters. The third-order valence-corrected chi connectivity index (χ3v) is 4.99. The molecule has 1 saturated heterocycles. The molecule has 6 heteroatoms.